The Hall–Kier alpha value is -2.60. The minimum Gasteiger partial charge on any atom is -0.480 e. The summed E-state index contributed by atoms with van der Waals surface area (Å²) >= 11 is 0. The molecule has 6 nitrogen and oxygen atoms in total. The van der Waals surface area contributed by atoms with Gasteiger partial charge in [0.25, 0.3) is 0 Å². The van der Waals surface area contributed by atoms with Crippen LogP contribution in [0.25, 0.3) is 10.9 Å². The molecule has 6 heteroatoms. The van der Waals surface area contributed by atoms with Gasteiger partial charge < -0.3 is 10.1 Å². The lowest BCUT2D eigenvalue weighted by atomic mass is 9.92. The third-order valence-electron chi connectivity index (χ3n) is 4.64. The van der Waals surface area contributed by atoms with Crippen LogP contribution in [0.1, 0.15) is 28.7 Å². The summed E-state index contributed by atoms with van der Waals surface area (Å²) in [6.07, 6.45) is 0.469. The van der Waals surface area contributed by atoms with Crippen molar-refractivity contribution in [2.24, 2.45) is 7.05 Å². The van der Waals surface area contributed by atoms with Crippen LogP contribution in [-0.4, -0.2) is 31.9 Å². The first-order chi connectivity index (χ1) is 11.0. The van der Waals surface area contributed by atoms with E-state index in [0.29, 0.717) is 6.42 Å². The normalized spacial score (nSPS) is 20.6. The second-order valence-corrected chi connectivity index (χ2v) is 6.09. The molecule has 1 aliphatic heterocycles. The third kappa shape index (κ3) is 2.14. The van der Waals surface area contributed by atoms with E-state index >= 15 is 0 Å². The smallest absolute Gasteiger partial charge is 0.321 e. The molecule has 2 atom stereocenters. The summed E-state index contributed by atoms with van der Waals surface area (Å²) in [5.74, 6) is -0.835. The maximum Gasteiger partial charge on any atom is 0.321 e. The van der Waals surface area contributed by atoms with Crippen molar-refractivity contribution in [3.8, 4) is 0 Å². The Bertz CT molecular complexity index is 889. The Balaban J connectivity index is 1.91. The lowest BCUT2D eigenvalue weighted by Crippen LogP contribution is -2.45. The van der Waals surface area contributed by atoms with Gasteiger partial charge in [-0.05, 0) is 24.6 Å². The number of aromatic nitrogens is 3. The van der Waals surface area contributed by atoms with Crippen molar-refractivity contribution in [2.75, 3.05) is 0 Å². The molecule has 0 radical (unpaired) electrons. The molecule has 0 aliphatic carbocycles. The molecule has 0 amide bonds. The molecule has 3 N–H and O–H groups in total. The Kier molecular flexibility index (Phi) is 3.02. The first kappa shape index (κ1) is 14.0. The Labute approximate surface area is 133 Å². The zero-order valence-electron chi connectivity index (χ0n) is 13.0. The third-order valence-corrected chi connectivity index (χ3v) is 4.64. The summed E-state index contributed by atoms with van der Waals surface area (Å²) in [6.45, 7) is 1.99. The van der Waals surface area contributed by atoms with Gasteiger partial charge in [0.1, 0.15) is 6.04 Å². The minimum absolute atomic E-state index is 0.243. The number of aliphatic carboxylic acids is 1. The van der Waals surface area contributed by atoms with E-state index in [1.54, 1.807) is 0 Å². The average Bonchev–Trinajstić information content (AvgIpc) is 3.07. The van der Waals surface area contributed by atoms with Crippen LogP contribution in [0.2, 0.25) is 0 Å². The number of carboxylic acid groups (broad SMARTS) is 1. The largest absolute Gasteiger partial charge is 0.480 e. The molecule has 0 saturated heterocycles. The number of fused-ring (bicyclic) bond motifs is 3. The van der Waals surface area contributed by atoms with E-state index in [4.69, 9.17) is 0 Å². The van der Waals surface area contributed by atoms with Gasteiger partial charge in [-0.1, -0.05) is 18.2 Å². The first-order valence-electron chi connectivity index (χ1n) is 7.63. The molecule has 118 valence electrons. The number of carboxylic acids is 1. The molecule has 3 aromatic rings. The molecule has 1 aliphatic rings. The van der Waals surface area contributed by atoms with E-state index in [9.17, 15) is 9.90 Å². The van der Waals surface area contributed by atoms with Crippen LogP contribution in [0, 0.1) is 6.92 Å². The van der Waals surface area contributed by atoms with Crippen molar-refractivity contribution >= 4 is 16.9 Å². The number of benzene rings is 1. The number of aryl methyl sites for hydroxylation is 2. The monoisotopic (exact) mass is 310 g/mol. The average molecular weight is 310 g/mol. The predicted molar refractivity (Wildman–Crippen MR) is 86.4 cm³/mol. The van der Waals surface area contributed by atoms with Gasteiger partial charge in [0, 0.05) is 35.8 Å². The highest BCUT2D eigenvalue weighted by molar-refractivity contribution is 5.87. The maximum atomic E-state index is 11.6. The Morgan fingerprint density at radius 2 is 2.17 bits per heavy atom. The van der Waals surface area contributed by atoms with E-state index in [1.165, 1.54) is 0 Å². The van der Waals surface area contributed by atoms with E-state index in [0.717, 1.165) is 33.5 Å². The SMILES string of the molecule is Cc1cc([C@H]2N[C@@H](C(=O)O)Cc3c2[nH]c2ccccc32)nn1C. The summed E-state index contributed by atoms with van der Waals surface area (Å²) in [4.78, 5) is 15.0. The van der Waals surface area contributed by atoms with Crippen molar-refractivity contribution in [1.29, 1.82) is 0 Å². The van der Waals surface area contributed by atoms with Gasteiger partial charge in [-0.25, -0.2) is 0 Å². The van der Waals surface area contributed by atoms with Gasteiger partial charge in [0.15, 0.2) is 0 Å². The molecular formula is C17H18N4O2. The van der Waals surface area contributed by atoms with Crippen LogP contribution < -0.4 is 5.32 Å². The summed E-state index contributed by atoms with van der Waals surface area (Å²) in [6, 6.07) is 9.15. The summed E-state index contributed by atoms with van der Waals surface area (Å²) in [5, 5.41) is 18.3. The molecule has 0 fully saturated rings. The van der Waals surface area contributed by atoms with E-state index in [-0.39, 0.29) is 6.04 Å². The van der Waals surface area contributed by atoms with Crippen LogP contribution in [0.4, 0.5) is 0 Å². The van der Waals surface area contributed by atoms with Gasteiger partial charge in [-0.2, -0.15) is 5.10 Å². The fraction of sp³-hybridized carbons (Fsp3) is 0.294. The number of hydrogen-bond acceptors (Lipinski definition) is 3. The van der Waals surface area contributed by atoms with Gasteiger partial charge in [0.05, 0.1) is 11.7 Å². The van der Waals surface area contributed by atoms with Crippen molar-refractivity contribution < 1.29 is 9.90 Å². The molecule has 0 saturated carbocycles. The van der Waals surface area contributed by atoms with Crippen LogP contribution in [0.3, 0.4) is 0 Å². The van der Waals surface area contributed by atoms with E-state index in [2.05, 4.69) is 15.4 Å². The van der Waals surface area contributed by atoms with Crippen LogP contribution in [0.15, 0.2) is 30.3 Å². The summed E-state index contributed by atoms with van der Waals surface area (Å²) in [7, 11) is 1.89. The van der Waals surface area contributed by atoms with Crippen LogP contribution >= 0.6 is 0 Å². The molecule has 0 unspecified atom stereocenters. The number of H-pyrrole nitrogens is 1. The van der Waals surface area contributed by atoms with Crippen LogP contribution in [0.5, 0.6) is 0 Å². The fourth-order valence-corrected chi connectivity index (χ4v) is 3.36. The quantitative estimate of drug-likeness (QED) is 0.675. The molecule has 23 heavy (non-hydrogen) atoms. The highest BCUT2D eigenvalue weighted by atomic mass is 16.4. The zero-order chi connectivity index (χ0) is 16.1. The van der Waals surface area contributed by atoms with Gasteiger partial charge in [-0.3, -0.25) is 14.8 Å². The minimum atomic E-state index is -0.835. The van der Waals surface area contributed by atoms with Crippen molar-refractivity contribution in [2.45, 2.75) is 25.4 Å². The number of hydrogen-bond donors (Lipinski definition) is 3. The first-order valence-corrected chi connectivity index (χ1v) is 7.63. The van der Waals surface area contributed by atoms with E-state index < -0.39 is 12.0 Å². The van der Waals surface area contributed by atoms with Crippen LogP contribution in [-0.2, 0) is 18.3 Å². The lowest BCUT2D eigenvalue weighted by Gasteiger charge is -2.28. The molecule has 2 aromatic heterocycles. The Morgan fingerprint density at radius 3 is 2.87 bits per heavy atom. The molecular weight excluding hydrogens is 292 g/mol. The molecule has 3 heterocycles. The topological polar surface area (TPSA) is 82.9 Å². The maximum absolute atomic E-state index is 11.6. The standard InChI is InChI=1S/C17H18N4O2/c1-9-7-13(20-21(9)2)16-15-11(8-14(19-16)17(22)23)10-5-3-4-6-12(10)18-15/h3-7,14,16,18-19H,8H2,1-2H3,(H,22,23)/t14-,16-/m1/s1. The number of nitrogens with one attached hydrogen (secondary N) is 2. The number of carbonyl (C=O) groups is 1. The summed E-state index contributed by atoms with van der Waals surface area (Å²) < 4.78 is 1.81. The predicted octanol–water partition coefficient (Wildman–Crippen LogP) is 1.90. The van der Waals surface area contributed by atoms with Crippen molar-refractivity contribution in [3.05, 3.63) is 53.0 Å². The lowest BCUT2D eigenvalue weighted by molar-refractivity contribution is -0.139. The van der Waals surface area contributed by atoms with Crippen molar-refractivity contribution in [1.82, 2.24) is 20.1 Å². The summed E-state index contributed by atoms with van der Waals surface area (Å²) in [5.41, 5.74) is 4.99. The second-order valence-electron chi connectivity index (χ2n) is 6.09. The zero-order valence-corrected chi connectivity index (χ0v) is 13.0. The second kappa shape index (κ2) is 4.96. The number of para-hydroxylation sites is 1. The molecule has 0 spiro atoms. The Morgan fingerprint density at radius 1 is 1.39 bits per heavy atom. The highest BCUT2D eigenvalue weighted by Crippen LogP contribution is 2.34. The fourth-order valence-electron chi connectivity index (χ4n) is 3.36. The highest BCUT2D eigenvalue weighted by Gasteiger charge is 2.35. The number of nitrogens with zero attached hydrogens (tertiary/aromatic N) is 2. The van der Waals surface area contributed by atoms with Gasteiger partial charge >= 0.3 is 5.97 Å². The molecule has 4 rings (SSSR count). The molecule has 1 aromatic carbocycles. The van der Waals surface area contributed by atoms with Gasteiger partial charge in [0.2, 0.25) is 0 Å². The van der Waals surface area contributed by atoms with E-state index in [1.807, 2.05) is 49.0 Å². The number of aromatic amines is 1. The van der Waals surface area contributed by atoms with Gasteiger partial charge in [-0.15, -0.1) is 0 Å². The number of rotatable bonds is 2. The molecule has 0 bridgehead atoms. The van der Waals surface area contributed by atoms with Crippen molar-refractivity contribution in [3.63, 3.8) is 0 Å².